The van der Waals surface area contributed by atoms with Crippen LogP contribution in [0.1, 0.15) is 12.5 Å². The first kappa shape index (κ1) is 22.3. The molecule has 0 saturated heterocycles. The molecule has 4 aromatic rings. The Balaban J connectivity index is 1.70. The minimum Gasteiger partial charge on any atom is -0.496 e. The van der Waals surface area contributed by atoms with E-state index in [2.05, 4.69) is 5.32 Å². The minimum atomic E-state index is -0.312. The fourth-order valence-corrected chi connectivity index (χ4v) is 4.12. The van der Waals surface area contributed by atoms with Gasteiger partial charge in [-0.05, 0) is 54.5 Å². The van der Waals surface area contributed by atoms with Crippen LogP contribution in [-0.4, -0.2) is 13.0 Å². The Morgan fingerprint density at radius 3 is 2.31 bits per heavy atom. The molecule has 0 aliphatic rings. The highest BCUT2D eigenvalue weighted by molar-refractivity contribution is 6.35. The maximum atomic E-state index is 12.6. The lowest BCUT2D eigenvalue weighted by Gasteiger charge is -2.10. The summed E-state index contributed by atoms with van der Waals surface area (Å²) in [6, 6.07) is 16.2. The van der Waals surface area contributed by atoms with E-state index >= 15 is 0 Å². The molecule has 0 radical (unpaired) electrons. The molecule has 0 bridgehead atoms. The highest BCUT2D eigenvalue weighted by Crippen LogP contribution is 2.37. The van der Waals surface area contributed by atoms with Gasteiger partial charge in [0.05, 0.1) is 13.4 Å². The number of fused-ring (bicyclic) bond motifs is 1. The lowest BCUT2D eigenvalue weighted by Crippen LogP contribution is -2.08. The van der Waals surface area contributed by atoms with E-state index in [1.807, 2.05) is 43.3 Å². The lowest BCUT2D eigenvalue weighted by atomic mass is 9.99. The number of anilines is 1. The predicted molar refractivity (Wildman–Crippen MR) is 132 cm³/mol. The van der Waals surface area contributed by atoms with Crippen molar-refractivity contribution in [2.75, 3.05) is 12.4 Å². The second-order valence-electron chi connectivity index (χ2n) is 7.18. The highest BCUT2D eigenvalue weighted by Gasteiger charge is 2.15. The number of ether oxygens (including phenoxy) is 1. The number of rotatable bonds is 5. The fourth-order valence-electron chi connectivity index (χ4n) is 3.46. The predicted octanol–water partition coefficient (Wildman–Crippen LogP) is 8.11. The first-order valence-electron chi connectivity index (χ1n) is 9.65. The molecule has 0 aliphatic carbocycles. The molecule has 0 aliphatic heterocycles. The van der Waals surface area contributed by atoms with Gasteiger partial charge >= 0.3 is 0 Å². The quantitative estimate of drug-likeness (QED) is 0.290. The van der Waals surface area contributed by atoms with Crippen LogP contribution in [0.5, 0.6) is 5.75 Å². The van der Waals surface area contributed by atoms with E-state index < -0.39 is 0 Å². The first-order valence-corrected chi connectivity index (χ1v) is 10.8. The monoisotopic (exact) mass is 485 g/mol. The summed E-state index contributed by atoms with van der Waals surface area (Å²) in [5.41, 5.74) is 4.58. The van der Waals surface area contributed by atoms with Gasteiger partial charge in [-0.3, -0.25) is 4.79 Å². The fraction of sp³-hybridized carbons (Fsp3) is 0.0800. The minimum absolute atomic E-state index is 0.312. The average molecular weight is 487 g/mol. The SMILES string of the molecule is COc1cc2occ(-c3ccc(Cl)cc3)c2cc1/C(C)=C/C(=O)Nc1cc(Cl)cc(Cl)c1. The molecule has 7 heteroatoms. The second-order valence-corrected chi connectivity index (χ2v) is 8.49. The number of furan rings is 1. The molecule has 0 saturated carbocycles. The van der Waals surface area contributed by atoms with Crippen LogP contribution in [-0.2, 0) is 4.79 Å². The van der Waals surface area contributed by atoms with E-state index in [1.165, 1.54) is 6.08 Å². The van der Waals surface area contributed by atoms with Crippen molar-refractivity contribution in [1.82, 2.24) is 0 Å². The molecule has 1 heterocycles. The Bertz CT molecular complexity index is 1320. The Hall–Kier alpha value is -2.92. The van der Waals surface area contributed by atoms with Gasteiger partial charge < -0.3 is 14.5 Å². The molecule has 0 unspecified atom stereocenters. The van der Waals surface area contributed by atoms with Gasteiger partial charge in [0.2, 0.25) is 5.91 Å². The molecule has 32 heavy (non-hydrogen) atoms. The van der Waals surface area contributed by atoms with Crippen molar-refractivity contribution in [1.29, 1.82) is 0 Å². The molecular weight excluding hydrogens is 469 g/mol. The largest absolute Gasteiger partial charge is 0.496 e. The maximum Gasteiger partial charge on any atom is 0.248 e. The van der Waals surface area contributed by atoms with E-state index in [-0.39, 0.29) is 5.91 Å². The number of carbonyl (C=O) groups is 1. The van der Waals surface area contributed by atoms with Gasteiger partial charge in [-0.25, -0.2) is 0 Å². The summed E-state index contributed by atoms with van der Waals surface area (Å²) in [6.45, 7) is 1.84. The number of allylic oxidation sites excluding steroid dienone is 1. The van der Waals surface area contributed by atoms with Crippen LogP contribution in [0.25, 0.3) is 27.7 Å². The van der Waals surface area contributed by atoms with E-state index in [9.17, 15) is 4.79 Å². The van der Waals surface area contributed by atoms with Crippen LogP contribution in [0, 0.1) is 0 Å². The molecule has 4 rings (SSSR count). The van der Waals surface area contributed by atoms with Crippen LogP contribution in [0.2, 0.25) is 15.1 Å². The molecule has 4 nitrogen and oxygen atoms in total. The number of methoxy groups -OCH3 is 1. The van der Waals surface area contributed by atoms with Crippen LogP contribution < -0.4 is 10.1 Å². The van der Waals surface area contributed by atoms with Crippen LogP contribution in [0.4, 0.5) is 5.69 Å². The molecule has 1 aromatic heterocycles. The standard InChI is InChI=1S/C25H18Cl3NO3/c1-14(7-25(30)29-19-9-17(27)8-18(28)10-19)20-11-21-22(15-3-5-16(26)6-4-15)13-32-24(21)12-23(20)31-2/h3-13H,1-2H3,(H,29,30)/b14-7+. The maximum absolute atomic E-state index is 12.6. The summed E-state index contributed by atoms with van der Waals surface area (Å²) in [6.07, 6.45) is 3.20. The van der Waals surface area contributed by atoms with E-state index in [0.29, 0.717) is 32.1 Å². The van der Waals surface area contributed by atoms with Gasteiger partial charge in [0.15, 0.2) is 0 Å². The zero-order valence-corrected chi connectivity index (χ0v) is 19.5. The van der Waals surface area contributed by atoms with Gasteiger partial charge in [0.1, 0.15) is 11.3 Å². The summed E-state index contributed by atoms with van der Waals surface area (Å²) < 4.78 is 11.3. The third kappa shape index (κ3) is 4.78. The molecule has 1 amide bonds. The van der Waals surface area contributed by atoms with Crippen molar-refractivity contribution in [2.45, 2.75) is 6.92 Å². The summed E-state index contributed by atoms with van der Waals surface area (Å²) >= 11 is 18.0. The molecule has 0 fully saturated rings. The molecule has 0 spiro atoms. The number of amides is 1. The summed E-state index contributed by atoms with van der Waals surface area (Å²) in [5, 5.41) is 5.22. The van der Waals surface area contributed by atoms with Gasteiger partial charge in [-0.2, -0.15) is 0 Å². The second kappa shape index (κ2) is 9.29. The average Bonchev–Trinajstić information content (AvgIpc) is 3.15. The Kier molecular flexibility index (Phi) is 6.47. The number of halogens is 3. The first-order chi connectivity index (χ1) is 15.3. The van der Waals surface area contributed by atoms with Gasteiger partial charge in [-0.15, -0.1) is 0 Å². The number of hydrogen-bond donors (Lipinski definition) is 1. The number of hydrogen-bond acceptors (Lipinski definition) is 3. The van der Waals surface area contributed by atoms with Crippen molar-refractivity contribution in [3.05, 3.63) is 87.6 Å². The smallest absolute Gasteiger partial charge is 0.248 e. The number of benzene rings is 3. The van der Waals surface area contributed by atoms with Crippen LogP contribution in [0.15, 0.2) is 71.4 Å². The van der Waals surface area contributed by atoms with Crippen LogP contribution >= 0.6 is 34.8 Å². The zero-order valence-electron chi connectivity index (χ0n) is 17.2. The van der Waals surface area contributed by atoms with Crippen LogP contribution in [0.3, 0.4) is 0 Å². The summed E-state index contributed by atoms with van der Waals surface area (Å²) in [5.74, 6) is 0.287. The van der Waals surface area contributed by atoms with Crippen molar-refractivity contribution >= 4 is 62.9 Å². The van der Waals surface area contributed by atoms with E-state index in [4.69, 9.17) is 44.0 Å². The van der Waals surface area contributed by atoms with Crippen molar-refractivity contribution in [3.63, 3.8) is 0 Å². The molecule has 162 valence electrons. The summed E-state index contributed by atoms with van der Waals surface area (Å²) in [7, 11) is 1.58. The van der Waals surface area contributed by atoms with Gasteiger partial charge in [0.25, 0.3) is 0 Å². The van der Waals surface area contributed by atoms with Crippen molar-refractivity contribution in [3.8, 4) is 16.9 Å². The zero-order chi connectivity index (χ0) is 22.8. The molecule has 1 N–H and O–H groups in total. The number of nitrogens with one attached hydrogen (secondary N) is 1. The van der Waals surface area contributed by atoms with Crippen molar-refractivity contribution in [2.24, 2.45) is 0 Å². The summed E-state index contributed by atoms with van der Waals surface area (Å²) in [4.78, 5) is 12.6. The normalized spacial score (nSPS) is 11.6. The van der Waals surface area contributed by atoms with Crippen molar-refractivity contribution < 1.29 is 13.9 Å². The molecular formula is C25H18Cl3NO3. The van der Waals surface area contributed by atoms with Gasteiger partial charge in [-0.1, -0.05) is 46.9 Å². The third-order valence-corrected chi connectivity index (χ3v) is 5.64. The Morgan fingerprint density at radius 1 is 0.969 bits per heavy atom. The van der Waals surface area contributed by atoms with Gasteiger partial charge in [0, 0.05) is 49.4 Å². The third-order valence-electron chi connectivity index (χ3n) is 4.95. The highest BCUT2D eigenvalue weighted by atomic mass is 35.5. The van der Waals surface area contributed by atoms with E-state index in [1.54, 1.807) is 31.6 Å². The Morgan fingerprint density at radius 2 is 1.66 bits per heavy atom. The number of carbonyl (C=O) groups excluding carboxylic acids is 1. The lowest BCUT2D eigenvalue weighted by molar-refractivity contribution is -0.111. The Labute approximate surface area is 200 Å². The molecule has 0 atom stereocenters. The topological polar surface area (TPSA) is 51.5 Å². The molecule has 3 aromatic carbocycles. The van der Waals surface area contributed by atoms with E-state index in [0.717, 1.165) is 27.6 Å².